The Bertz CT molecular complexity index is 401. The molecule has 0 unspecified atom stereocenters. The smallest absolute Gasteiger partial charge is 0.252 e. The number of hydrogen-bond donors (Lipinski definition) is 1. The molecule has 2 rings (SSSR count). The van der Waals surface area contributed by atoms with E-state index in [9.17, 15) is 4.79 Å². The second-order valence-corrected chi connectivity index (χ2v) is 6.43. The molecule has 2 nitrogen and oxygen atoms in total. The number of carbonyl (C=O) groups excluding carboxylic acids is 1. The van der Waals surface area contributed by atoms with Crippen LogP contribution in [0.2, 0.25) is 0 Å². The first-order chi connectivity index (χ1) is 7.47. The Hall–Kier alpha value is -0.830. The third kappa shape index (κ3) is 2.46. The largest absolute Gasteiger partial charge is 0.347 e. The van der Waals surface area contributed by atoms with Gasteiger partial charge in [-0.3, -0.25) is 4.79 Å². The highest BCUT2D eigenvalue weighted by Gasteiger charge is 2.22. The van der Waals surface area contributed by atoms with Gasteiger partial charge in [0.25, 0.3) is 5.91 Å². The van der Waals surface area contributed by atoms with Crippen LogP contribution >= 0.6 is 11.3 Å². The summed E-state index contributed by atoms with van der Waals surface area (Å²) in [6.45, 7) is 6.05. The molecule has 0 saturated carbocycles. The van der Waals surface area contributed by atoms with Crippen molar-refractivity contribution in [2.24, 2.45) is 0 Å². The Morgan fingerprint density at radius 2 is 2.00 bits per heavy atom. The molecule has 0 saturated heterocycles. The lowest BCUT2D eigenvalue weighted by Gasteiger charge is -2.21. The maximum absolute atomic E-state index is 12.1. The lowest BCUT2D eigenvalue weighted by Crippen LogP contribution is -2.40. The molecular weight excluding hydrogens is 218 g/mol. The number of fused-ring (bicyclic) bond motifs is 1. The number of nitrogens with one attached hydrogen (secondary N) is 1. The average molecular weight is 237 g/mol. The Morgan fingerprint density at radius 3 is 2.69 bits per heavy atom. The van der Waals surface area contributed by atoms with Gasteiger partial charge in [0.1, 0.15) is 0 Å². The molecule has 16 heavy (non-hydrogen) atoms. The van der Waals surface area contributed by atoms with Gasteiger partial charge in [0.05, 0.1) is 5.56 Å². The van der Waals surface area contributed by atoms with Gasteiger partial charge in [-0.2, -0.15) is 0 Å². The van der Waals surface area contributed by atoms with Gasteiger partial charge in [-0.25, -0.2) is 0 Å². The van der Waals surface area contributed by atoms with E-state index < -0.39 is 0 Å². The number of carbonyl (C=O) groups is 1. The van der Waals surface area contributed by atoms with Crippen molar-refractivity contribution >= 4 is 17.2 Å². The van der Waals surface area contributed by atoms with Crippen molar-refractivity contribution in [2.75, 3.05) is 0 Å². The summed E-state index contributed by atoms with van der Waals surface area (Å²) in [5, 5.41) is 5.06. The predicted molar refractivity (Wildman–Crippen MR) is 68.2 cm³/mol. The molecule has 0 bridgehead atoms. The fourth-order valence-corrected chi connectivity index (χ4v) is 3.22. The third-order valence-electron chi connectivity index (χ3n) is 2.79. The molecule has 88 valence electrons. The highest BCUT2D eigenvalue weighted by Crippen LogP contribution is 2.30. The molecular formula is C13H19NOS. The first-order valence-corrected chi connectivity index (χ1v) is 6.77. The molecule has 0 atom stereocenters. The molecule has 1 heterocycles. The summed E-state index contributed by atoms with van der Waals surface area (Å²) >= 11 is 1.75. The van der Waals surface area contributed by atoms with E-state index in [4.69, 9.17) is 0 Å². The van der Waals surface area contributed by atoms with Crippen LogP contribution in [0, 0.1) is 0 Å². The van der Waals surface area contributed by atoms with Crippen LogP contribution in [0.1, 0.15) is 54.4 Å². The van der Waals surface area contributed by atoms with Crippen LogP contribution in [-0.2, 0) is 12.8 Å². The van der Waals surface area contributed by atoms with Gasteiger partial charge in [-0.15, -0.1) is 11.3 Å². The molecule has 1 aromatic heterocycles. The number of aryl methyl sites for hydroxylation is 1. The highest BCUT2D eigenvalue weighted by atomic mass is 32.1. The lowest BCUT2D eigenvalue weighted by atomic mass is 9.95. The minimum atomic E-state index is -0.152. The first kappa shape index (κ1) is 11.6. The molecule has 0 aromatic carbocycles. The van der Waals surface area contributed by atoms with Gasteiger partial charge in [0, 0.05) is 15.8 Å². The molecule has 1 amide bonds. The SMILES string of the molecule is CC(C)(C)NC(=O)c1csc2c1CCCC2. The maximum Gasteiger partial charge on any atom is 0.252 e. The molecule has 1 N–H and O–H groups in total. The van der Waals surface area contributed by atoms with Crippen LogP contribution in [-0.4, -0.2) is 11.4 Å². The van der Waals surface area contributed by atoms with Crippen molar-refractivity contribution in [2.45, 2.75) is 52.0 Å². The van der Waals surface area contributed by atoms with Gasteiger partial charge in [-0.1, -0.05) is 0 Å². The minimum Gasteiger partial charge on any atom is -0.347 e. The van der Waals surface area contributed by atoms with E-state index in [1.165, 1.54) is 23.3 Å². The van der Waals surface area contributed by atoms with Crippen molar-refractivity contribution in [3.8, 4) is 0 Å². The van der Waals surface area contributed by atoms with Crippen LogP contribution in [0.3, 0.4) is 0 Å². The van der Waals surface area contributed by atoms with Crippen molar-refractivity contribution in [1.29, 1.82) is 0 Å². The van der Waals surface area contributed by atoms with Gasteiger partial charge >= 0.3 is 0 Å². The Labute approximate surface area is 101 Å². The van der Waals surface area contributed by atoms with E-state index in [0.717, 1.165) is 18.4 Å². The van der Waals surface area contributed by atoms with E-state index in [-0.39, 0.29) is 11.4 Å². The van der Waals surface area contributed by atoms with Gasteiger partial charge in [0.2, 0.25) is 0 Å². The fourth-order valence-electron chi connectivity index (χ4n) is 2.09. The quantitative estimate of drug-likeness (QED) is 0.798. The molecule has 1 aliphatic carbocycles. The number of hydrogen-bond acceptors (Lipinski definition) is 2. The standard InChI is InChI=1S/C13H19NOS/c1-13(2,3)14-12(15)10-8-16-11-7-5-4-6-9(10)11/h8H,4-7H2,1-3H3,(H,14,15). The predicted octanol–water partition coefficient (Wildman–Crippen LogP) is 3.16. The van der Waals surface area contributed by atoms with Crippen molar-refractivity contribution in [1.82, 2.24) is 5.32 Å². The first-order valence-electron chi connectivity index (χ1n) is 5.89. The zero-order valence-electron chi connectivity index (χ0n) is 10.2. The third-order valence-corrected chi connectivity index (χ3v) is 3.88. The maximum atomic E-state index is 12.1. The molecule has 0 fully saturated rings. The van der Waals surface area contributed by atoms with E-state index >= 15 is 0 Å². The molecule has 0 radical (unpaired) electrons. The topological polar surface area (TPSA) is 29.1 Å². The van der Waals surface area contributed by atoms with Crippen LogP contribution in [0.5, 0.6) is 0 Å². The monoisotopic (exact) mass is 237 g/mol. The van der Waals surface area contributed by atoms with Gasteiger partial charge < -0.3 is 5.32 Å². The minimum absolute atomic E-state index is 0.0897. The Kier molecular flexibility index (Phi) is 3.06. The summed E-state index contributed by atoms with van der Waals surface area (Å²) in [5.41, 5.74) is 2.06. The normalized spacial score (nSPS) is 15.7. The van der Waals surface area contributed by atoms with E-state index in [1.807, 2.05) is 26.2 Å². The van der Waals surface area contributed by atoms with E-state index in [0.29, 0.717) is 0 Å². The summed E-state index contributed by atoms with van der Waals surface area (Å²) in [6, 6.07) is 0. The van der Waals surface area contributed by atoms with Crippen LogP contribution in [0.4, 0.5) is 0 Å². The zero-order valence-corrected chi connectivity index (χ0v) is 11.0. The van der Waals surface area contributed by atoms with Crippen LogP contribution in [0.25, 0.3) is 0 Å². The Morgan fingerprint density at radius 1 is 1.31 bits per heavy atom. The fraction of sp³-hybridized carbons (Fsp3) is 0.615. The Balaban J connectivity index is 2.21. The molecule has 3 heteroatoms. The summed E-state index contributed by atoms with van der Waals surface area (Å²) < 4.78 is 0. The van der Waals surface area contributed by atoms with E-state index in [2.05, 4.69) is 5.32 Å². The van der Waals surface area contributed by atoms with Crippen molar-refractivity contribution in [3.05, 3.63) is 21.4 Å². The van der Waals surface area contributed by atoms with E-state index in [1.54, 1.807) is 11.3 Å². The van der Waals surface area contributed by atoms with Crippen molar-refractivity contribution in [3.63, 3.8) is 0 Å². The molecule has 0 spiro atoms. The van der Waals surface area contributed by atoms with Gasteiger partial charge in [0.15, 0.2) is 0 Å². The summed E-state index contributed by atoms with van der Waals surface area (Å²) in [5.74, 6) is 0.0897. The number of rotatable bonds is 1. The number of amides is 1. The number of thiophene rings is 1. The summed E-state index contributed by atoms with van der Waals surface area (Å²) in [6.07, 6.45) is 4.72. The van der Waals surface area contributed by atoms with Crippen LogP contribution in [0.15, 0.2) is 5.38 Å². The molecule has 1 aromatic rings. The second kappa shape index (κ2) is 4.21. The lowest BCUT2D eigenvalue weighted by molar-refractivity contribution is 0.0919. The van der Waals surface area contributed by atoms with Gasteiger partial charge in [-0.05, 0) is 52.0 Å². The van der Waals surface area contributed by atoms with Crippen molar-refractivity contribution < 1.29 is 4.79 Å². The average Bonchev–Trinajstić information content (AvgIpc) is 2.58. The summed E-state index contributed by atoms with van der Waals surface area (Å²) in [7, 11) is 0. The second-order valence-electron chi connectivity index (χ2n) is 5.46. The summed E-state index contributed by atoms with van der Waals surface area (Å²) in [4.78, 5) is 13.5. The molecule has 1 aliphatic rings. The highest BCUT2D eigenvalue weighted by molar-refractivity contribution is 7.10. The van der Waals surface area contributed by atoms with Crippen LogP contribution < -0.4 is 5.32 Å². The molecule has 0 aliphatic heterocycles. The zero-order chi connectivity index (χ0) is 11.8.